The Hall–Kier alpha value is -2.52. The summed E-state index contributed by atoms with van der Waals surface area (Å²) in [6.07, 6.45) is -0.634. The van der Waals surface area contributed by atoms with Crippen molar-refractivity contribution in [1.29, 1.82) is 0 Å². The van der Waals surface area contributed by atoms with E-state index in [0.29, 0.717) is 5.57 Å². The van der Waals surface area contributed by atoms with Crippen LogP contribution in [0, 0.1) is 0 Å². The zero-order valence-electron chi connectivity index (χ0n) is 20.3. The number of amides is 1. The van der Waals surface area contributed by atoms with E-state index < -0.39 is 42.5 Å². The number of fused-ring (bicyclic) bond motifs is 1. The molecular formula is C27H29NO5SSn. The first-order valence-electron chi connectivity index (χ1n) is 11.5. The van der Waals surface area contributed by atoms with E-state index in [-0.39, 0.29) is 17.9 Å². The summed E-state index contributed by atoms with van der Waals surface area (Å²) >= 11 is -0.932. The number of hydrogen-bond donors (Lipinski definition) is 0. The quantitative estimate of drug-likeness (QED) is 0.197. The predicted molar refractivity (Wildman–Crippen MR) is 139 cm³/mol. The van der Waals surface area contributed by atoms with Gasteiger partial charge in [0.05, 0.1) is 0 Å². The number of carbonyl (C=O) groups is 3. The molecule has 6 nitrogen and oxygen atoms in total. The molecular weight excluding hydrogens is 569 g/mol. The molecule has 8 heteroatoms. The maximum atomic E-state index is 13.7. The number of thioether (sulfide) groups is 1. The van der Waals surface area contributed by atoms with Crippen molar-refractivity contribution in [3.05, 3.63) is 92.4 Å². The Balaban J connectivity index is 1.67. The van der Waals surface area contributed by atoms with Gasteiger partial charge in [-0.25, -0.2) is 0 Å². The zero-order valence-corrected chi connectivity index (χ0v) is 23.9. The SMILES string of the molecule is CC(=O)OCC1=CS[C@@H]2/C(=[CH]/[Sn]([CH3])([CH3])[CH3])C(=O)N2[C@H]1C(=O)OC(c1ccccc1)c1ccccc1. The fourth-order valence-corrected chi connectivity index (χ4v) is 9.13. The summed E-state index contributed by atoms with van der Waals surface area (Å²) in [5, 5.41) is 1.61. The number of esters is 2. The molecule has 4 rings (SSSR count). The van der Waals surface area contributed by atoms with E-state index in [0.717, 1.165) is 16.7 Å². The summed E-state index contributed by atoms with van der Waals surface area (Å²) in [6, 6.07) is 18.1. The average molecular weight is 598 g/mol. The number of benzene rings is 2. The summed E-state index contributed by atoms with van der Waals surface area (Å²) in [5.41, 5.74) is 2.97. The molecule has 2 aliphatic heterocycles. The van der Waals surface area contributed by atoms with Crippen molar-refractivity contribution in [3.8, 4) is 0 Å². The Morgan fingerprint density at radius 1 is 1.03 bits per heavy atom. The van der Waals surface area contributed by atoms with Gasteiger partial charge in [0.2, 0.25) is 0 Å². The zero-order chi connectivity index (χ0) is 25.2. The van der Waals surface area contributed by atoms with E-state index >= 15 is 0 Å². The molecule has 2 atom stereocenters. The summed E-state index contributed by atoms with van der Waals surface area (Å²) < 4.78 is 13.5. The van der Waals surface area contributed by atoms with Gasteiger partial charge in [0, 0.05) is 0 Å². The van der Waals surface area contributed by atoms with Crippen LogP contribution in [0.15, 0.2) is 81.3 Å². The van der Waals surface area contributed by atoms with Crippen molar-refractivity contribution in [2.24, 2.45) is 0 Å². The Morgan fingerprint density at radius 2 is 1.60 bits per heavy atom. The molecule has 2 aromatic carbocycles. The second-order valence-electron chi connectivity index (χ2n) is 9.68. The van der Waals surface area contributed by atoms with Crippen molar-refractivity contribution in [2.75, 3.05) is 6.61 Å². The maximum absolute atomic E-state index is 13.7. The molecule has 2 heterocycles. The van der Waals surface area contributed by atoms with E-state index in [4.69, 9.17) is 9.47 Å². The minimum absolute atomic E-state index is 0.0719. The Kier molecular flexibility index (Phi) is 7.76. The third-order valence-electron chi connectivity index (χ3n) is 5.67. The third kappa shape index (κ3) is 5.83. The molecule has 35 heavy (non-hydrogen) atoms. The molecule has 0 aliphatic carbocycles. The van der Waals surface area contributed by atoms with E-state index in [1.807, 2.05) is 66.1 Å². The fraction of sp³-hybridized carbons (Fsp3) is 0.296. The van der Waals surface area contributed by atoms with E-state index in [1.165, 1.54) is 18.7 Å². The van der Waals surface area contributed by atoms with Crippen LogP contribution in [0.25, 0.3) is 0 Å². The van der Waals surface area contributed by atoms with E-state index in [1.54, 1.807) is 4.90 Å². The fourth-order valence-electron chi connectivity index (χ4n) is 4.16. The van der Waals surface area contributed by atoms with Gasteiger partial charge in [0.25, 0.3) is 0 Å². The molecule has 182 valence electrons. The van der Waals surface area contributed by atoms with Crippen LogP contribution in [-0.4, -0.2) is 59.1 Å². The number of ether oxygens (including phenoxy) is 2. The Morgan fingerprint density at radius 3 is 2.11 bits per heavy atom. The molecule has 0 aromatic heterocycles. The van der Waals surface area contributed by atoms with Crippen LogP contribution >= 0.6 is 11.8 Å². The summed E-state index contributed by atoms with van der Waals surface area (Å²) in [4.78, 5) is 46.7. The molecule has 0 unspecified atom stereocenters. The van der Waals surface area contributed by atoms with Crippen molar-refractivity contribution in [2.45, 2.75) is 39.3 Å². The second kappa shape index (κ2) is 10.6. The minimum atomic E-state index is -2.40. The van der Waals surface area contributed by atoms with Crippen LogP contribution in [-0.2, 0) is 23.9 Å². The number of nitrogens with zero attached hydrogens (tertiary/aromatic N) is 1. The first-order valence-corrected chi connectivity index (χ1v) is 22.6. The monoisotopic (exact) mass is 599 g/mol. The number of rotatable bonds is 7. The van der Waals surface area contributed by atoms with Crippen LogP contribution in [0.4, 0.5) is 0 Å². The normalized spacial score (nSPS) is 20.7. The van der Waals surface area contributed by atoms with Gasteiger partial charge in [-0.15, -0.1) is 0 Å². The van der Waals surface area contributed by atoms with Crippen LogP contribution in [0.1, 0.15) is 24.2 Å². The molecule has 1 fully saturated rings. The van der Waals surface area contributed by atoms with Crippen LogP contribution < -0.4 is 0 Å². The van der Waals surface area contributed by atoms with Crippen molar-refractivity contribution in [3.63, 3.8) is 0 Å². The van der Waals surface area contributed by atoms with E-state index in [2.05, 4.69) is 18.9 Å². The van der Waals surface area contributed by atoms with Crippen molar-refractivity contribution < 1.29 is 23.9 Å². The molecule has 1 amide bonds. The molecule has 0 N–H and O–H groups in total. The molecule has 0 radical (unpaired) electrons. The van der Waals surface area contributed by atoms with Gasteiger partial charge < -0.3 is 0 Å². The summed E-state index contributed by atoms with van der Waals surface area (Å²) in [7, 11) is 0. The van der Waals surface area contributed by atoms with Gasteiger partial charge in [-0.05, 0) is 0 Å². The average Bonchev–Trinajstić information content (AvgIpc) is 2.84. The first kappa shape index (κ1) is 25.6. The molecule has 2 aromatic rings. The van der Waals surface area contributed by atoms with Crippen LogP contribution in [0.2, 0.25) is 14.8 Å². The van der Waals surface area contributed by atoms with Gasteiger partial charge in [0.1, 0.15) is 0 Å². The second-order valence-corrected chi connectivity index (χ2v) is 25.0. The van der Waals surface area contributed by atoms with Crippen molar-refractivity contribution in [1.82, 2.24) is 4.90 Å². The molecule has 0 bridgehead atoms. The third-order valence-corrected chi connectivity index (χ3v) is 10.2. The summed E-state index contributed by atoms with van der Waals surface area (Å²) in [6.45, 7) is 1.25. The van der Waals surface area contributed by atoms with Crippen LogP contribution in [0.5, 0.6) is 0 Å². The number of hydrogen-bond acceptors (Lipinski definition) is 6. The molecule has 1 saturated heterocycles. The standard InChI is InChI=1S/C24H20NO5S.3CH3.Sn/c1-15-22(27)25-20(19(13-29-16(2)26)14-31-23(15)25)24(28)30-21(17-9-5-3-6-10-17)18-11-7-4-8-12-18;;;;/h1,3-12,14,20-21,23H,13H2,2H3;3*1H3;/t20-,23-;;;;/m1..../s1. The van der Waals surface area contributed by atoms with Gasteiger partial charge in [-0.3, -0.25) is 0 Å². The van der Waals surface area contributed by atoms with Gasteiger partial charge in [-0.2, -0.15) is 0 Å². The Bertz CT molecular complexity index is 1130. The predicted octanol–water partition coefficient (Wildman–Crippen LogP) is 4.85. The topological polar surface area (TPSA) is 72.9 Å². The molecule has 0 spiro atoms. The Labute approximate surface area is 214 Å². The van der Waals surface area contributed by atoms with Crippen molar-refractivity contribution >= 4 is 48.0 Å². The number of carbonyl (C=O) groups excluding carboxylic acids is 3. The molecule has 2 aliphatic rings. The molecule has 0 saturated carbocycles. The number of β-lactam (4-membered cyclic amide) rings is 1. The van der Waals surface area contributed by atoms with Gasteiger partial charge in [-0.1, -0.05) is 0 Å². The first-order chi connectivity index (χ1) is 16.7. The summed E-state index contributed by atoms with van der Waals surface area (Å²) in [5.74, 6) is -1.15. The van der Waals surface area contributed by atoms with Crippen LogP contribution in [0.3, 0.4) is 0 Å². The van der Waals surface area contributed by atoms with Gasteiger partial charge in [0.15, 0.2) is 0 Å². The van der Waals surface area contributed by atoms with Gasteiger partial charge >= 0.3 is 215 Å². The van der Waals surface area contributed by atoms with E-state index in [9.17, 15) is 14.4 Å².